The van der Waals surface area contributed by atoms with E-state index in [1.54, 1.807) is 11.0 Å². The summed E-state index contributed by atoms with van der Waals surface area (Å²) in [5, 5.41) is 10.4. The average Bonchev–Trinajstić information content (AvgIpc) is 3.31. The van der Waals surface area contributed by atoms with Crippen LogP contribution in [0.2, 0.25) is 0 Å². The molecule has 0 unspecified atom stereocenters. The Hall–Kier alpha value is -1.63. The summed E-state index contributed by atoms with van der Waals surface area (Å²) in [6, 6.07) is 0.349. The summed E-state index contributed by atoms with van der Waals surface area (Å²) < 4.78 is 7.76. The molecule has 4 rings (SSSR count). The molecule has 1 aromatic heterocycles. The van der Waals surface area contributed by atoms with Gasteiger partial charge in [-0.25, -0.2) is 9.78 Å². The van der Waals surface area contributed by atoms with E-state index in [2.05, 4.69) is 20.7 Å². The van der Waals surface area contributed by atoms with Gasteiger partial charge in [-0.05, 0) is 32.6 Å². The number of ether oxygens (including phenoxy) is 1. The number of aryl methyl sites for hydroxylation is 1. The molecule has 2 heterocycles. The Bertz CT molecular complexity index is 570. The van der Waals surface area contributed by atoms with Crippen LogP contribution in [-0.4, -0.2) is 45.6 Å². The van der Waals surface area contributed by atoms with Crippen LogP contribution in [0.1, 0.15) is 45.4 Å². The van der Waals surface area contributed by atoms with Crippen LogP contribution < -0.4 is 10.6 Å². The average molecular weight is 333 g/mol. The zero-order chi connectivity index (χ0) is 16.6. The number of amides is 2. The fourth-order valence-corrected chi connectivity index (χ4v) is 5.06. The van der Waals surface area contributed by atoms with Gasteiger partial charge in [0.1, 0.15) is 12.7 Å². The minimum absolute atomic E-state index is 0.0392. The van der Waals surface area contributed by atoms with Crippen molar-refractivity contribution in [3.05, 3.63) is 12.7 Å². The first kappa shape index (κ1) is 15.9. The molecule has 2 aliphatic carbocycles. The van der Waals surface area contributed by atoms with Crippen molar-refractivity contribution in [2.24, 2.45) is 11.3 Å². The second-order valence-electron chi connectivity index (χ2n) is 7.63. The van der Waals surface area contributed by atoms with Gasteiger partial charge in [0.2, 0.25) is 0 Å². The fraction of sp³-hybridized carbons (Fsp3) is 0.824. The first-order chi connectivity index (χ1) is 11.7. The van der Waals surface area contributed by atoms with E-state index in [1.165, 1.54) is 32.0 Å². The fourth-order valence-electron chi connectivity index (χ4n) is 5.06. The van der Waals surface area contributed by atoms with Crippen molar-refractivity contribution in [1.29, 1.82) is 0 Å². The second-order valence-corrected chi connectivity index (χ2v) is 7.63. The molecule has 1 aliphatic heterocycles. The maximum Gasteiger partial charge on any atom is 0.315 e. The lowest BCUT2D eigenvalue weighted by Crippen LogP contribution is -2.69. The van der Waals surface area contributed by atoms with E-state index < -0.39 is 0 Å². The van der Waals surface area contributed by atoms with Crippen LogP contribution in [0, 0.1) is 11.3 Å². The van der Waals surface area contributed by atoms with Crippen LogP contribution in [0.3, 0.4) is 0 Å². The van der Waals surface area contributed by atoms with E-state index in [-0.39, 0.29) is 23.5 Å². The molecule has 3 aliphatic rings. The highest BCUT2D eigenvalue weighted by atomic mass is 16.5. The van der Waals surface area contributed by atoms with Crippen LogP contribution in [0.5, 0.6) is 0 Å². The zero-order valence-electron chi connectivity index (χ0n) is 14.3. The third-order valence-electron chi connectivity index (χ3n) is 6.21. The zero-order valence-corrected chi connectivity index (χ0v) is 14.3. The molecule has 2 saturated carbocycles. The van der Waals surface area contributed by atoms with E-state index >= 15 is 0 Å². The number of carbonyl (C=O) groups excluding carboxylic acids is 1. The number of nitrogens with zero attached hydrogens (tertiary/aromatic N) is 3. The van der Waals surface area contributed by atoms with Gasteiger partial charge < -0.3 is 15.4 Å². The molecule has 0 bridgehead atoms. The second kappa shape index (κ2) is 6.35. The molecule has 1 saturated heterocycles. The Morgan fingerprint density at radius 3 is 3.04 bits per heavy atom. The van der Waals surface area contributed by atoms with Crippen LogP contribution in [0.25, 0.3) is 0 Å². The number of rotatable bonds is 5. The number of nitrogens with one attached hydrogen (secondary N) is 2. The predicted molar refractivity (Wildman–Crippen MR) is 88.3 cm³/mol. The Morgan fingerprint density at radius 1 is 1.46 bits per heavy atom. The topological polar surface area (TPSA) is 81.1 Å². The molecular formula is C17H27N5O2. The molecule has 7 heteroatoms. The van der Waals surface area contributed by atoms with Crippen LogP contribution in [0.4, 0.5) is 4.79 Å². The van der Waals surface area contributed by atoms with Gasteiger partial charge in [0.25, 0.3) is 0 Å². The summed E-state index contributed by atoms with van der Waals surface area (Å²) in [5.74, 6) is 0.513. The number of hydrogen-bond donors (Lipinski definition) is 2. The van der Waals surface area contributed by atoms with Crippen molar-refractivity contribution < 1.29 is 9.53 Å². The summed E-state index contributed by atoms with van der Waals surface area (Å²) in [6.45, 7) is 3.64. The first-order valence-electron chi connectivity index (χ1n) is 9.20. The quantitative estimate of drug-likeness (QED) is 0.859. The van der Waals surface area contributed by atoms with Gasteiger partial charge in [-0.2, -0.15) is 5.10 Å². The van der Waals surface area contributed by atoms with Crippen LogP contribution >= 0.6 is 0 Å². The van der Waals surface area contributed by atoms with Crippen molar-refractivity contribution in [3.63, 3.8) is 0 Å². The number of aromatic nitrogens is 3. The van der Waals surface area contributed by atoms with Gasteiger partial charge in [-0.15, -0.1) is 0 Å². The third-order valence-corrected chi connectivity index (χ3v) is 6.21. The predicted octanol–water partition coefficient (Wildman–Crippen LogP) is 1.70. The summed E-state index contributed by atoms with van der Waals surface area (Å²) in [6.07, 6.45) is 10.5. The van der Waals surface area contributed by atoms with E-state index in [9.17, 15) is 4.79 Å². The molecule has 1 aromatic rings. The molecule has 0 aromatic carbocycles. The number of fused-ring (bicyclic) bond motifs is 2. The molecule has 2 amide bonds. The molecule has 2 N–H and O–H groups in total. The summed E-state index contributed by atoms with van der Waals surface area (Å²) in [5.41, 5.74) is 0.211. The maximum atomic E-state index is 12.4. The lowest BCUT2D eigenvalue weighted by molar-refractivity contribution is -0.126. The van der Waals surface area contributed by atoms with Gasteiger partial charge >= 0.3 is 6.03 Å². The number of hydrogen-bond acceptors (Lipinski definition) is 4. The van der Waals surface area contributed by atoms with E-state index in [4.69, 9.17) is 4.74 Å². The minimum atomic E-state index is -0.0392. The Labute approximate surface area is 142 Å². The summed E-state index contributed by atoms with van der Waals surface area (Å²) in [7, 11) is 0. The normalized spacial score (nSPS) is 31.5. The molecule has 132 valence electrons. The lowest BCUT2D eigenvalue weighted by Gasteiger charge is -2.56. The molecule has 0 radical (unpaired) electrons. The van der Waals surface area contributed by atoms with Crippen molar-refractivity contribution in [1.82, 2.24) is 25.4 Å². The molecule has 4 atom stereocenters. The van der Waals surface area contributed by atoms with Gasteiger partial charge in [-0.1, -0.05) is 12.8 Å². The smallest absolute Gasteiger partial charge is 0.315 e. The van der Waals surface area contributed by atoms with Gasteiger partial charge in [-0.3, -0.25) is 4.68 Å². The van der Waals surface area contributed by atoms with Crippen molar-refractivity contribution in [2.45, 2.75) is 70.2 Å². The summed E-state index contributed by atoms with van der Waals surface area (Å²) in [4.78, 5) is 16.4. The first-order valence-corrected chi connectivity index (χ1v) is 9.20. The van der Waals surface area contributed by atoms with Crippen LogP contribution in [0.15, 0.2) is 12.7 Å². The van der Waals surface area contributed by atoms with Gasteiger partial charge in [0, 0.05) is 36.6 Å². The van der Waals surface area contributed by atoms with E-state index in [0.29, 0.717) is 12.0 Å². The van der Waals surface area contributed by atoms with E-state index in [1.807, 2.05) is 6.92 Å². The van der Waals surface area contributed by atoms with Crippen molar-refractivity contribution in [3.8, 4) is 0 Å². The summed E-state index contributed by atoms with van der Waals surface area (Å²) >= 11 is 0. The lowest BCUT2D eigenvalue weighted by atomic mass is 9.54. The Balaban J connectivity index is 1.29. The Morgan fingerprint density at radius 2 is 2.29 bits per heavy atom. The molecular weight excluding hydrogens is 306 g/mol. The van der Waals surface area contributed by atoms with Gasteiger partial charge in [0.05, 0.1) is 6.10 Å². The monoisotopic (exact) mass is 333 g/mol. The largest absolute Gasteiger partial charge is 0.377 e. The molecule has 7 nitrogen and oxygen atoms in total. The highest BCUT2D eigenvalue weighted by Gasteiger charge is 2.65. The van der Waals surface area contributed by atoms with E-state index in [0.717, 1.165) is 26.0 Å². The molecule has 24 heavy (non-hydrogen) atoms. The number of carbonyl (C=O) groups is 1. The van der Waals surface area contributed by atoms with Crippen molar-refractivity contribution in [2.75, 3.05) is 6.61 Å². The maximum absolute atomic E-state index is 12.4. The minimum Gasteiger partial charge on any atom is -0.377 e. The third kappa shape index (κ3) is 2.68. The number of urea groups is 1. The van der Waals surface area contributed by atoms with Crippen molar-refractivity contribution >= 4 is 6.03 Å². The molecule has 3 fully saturated rings. The highest BCUT2D eigenvalue weighted by molar-refractivity contribution is 5.75. The molecule has 1 spiro atoms. The highest BCUT2D eigenvalue weighted by Crippen LogP contribution is 2.60. The van der Waals surface area contributed by atoms with Crippen LogP contribution in [-0.2, 0) is 11.3 Å². The van der Waals surface area contributed by atoms with Gasteiger partial charge in [0.15, 0.2) is 0 Å². The standard InChI is InChI=1S/C17H27N5O2/c1-12(4-8-22-11-18-10-19-22)20-16(23)21-14-13-5-9-24-15(13)17(14)6-2-3-7-17/h10-15H,2-9H2,1H3,(H2,20,21,23)/t12-,13+,14-,15-/m1/s1. The Kier molecular flexibility index (Phi) is 4.20. The SMILES string of the molecule is C[C@H](CCn1cncn1)NC(=O)N[C@@H]1[C@@H]2CCO[C@H]2C12CCCC2.